The lowest BCUT2D eigenvalue weighted by Gasteiger charge is -2.27. The summed E-state index contributed by atoms with van der Waals surface area (Å²) >= 11 is 0. The Labute approximate surface area is 144 Å². The molecule has 24 heavy (non-hydrogen) atoms. The molecule has 2 aromatic rings. The summed E-state index contributed by atoms with van der Waals surface area (Å²) < 4.78 is 5.31. The number of hydrogen-bond donors (Lipinski definition) is 1. The van der Waals surface area contributed by atoms with Gasteiger partial charge in [0.2, 0.25) is 5.91 Å². The molecule has 0 saturated heterocycles. The number of nitrogens with one attached hydrogen (secondary N) is 1. The first-order valence-corrected chi connectivity index (χ1v) is 8.59. The number of amides is 1. The number of aryl methyl sites for hydroxylation is 3. The van der Waals surface area contributed by atoms with E-state index in [-0.39, 0.29) is 11.9 Å². The van der Waals surface area contributed by atoms with Crippen molar-refractivity contribution >= 4 is 5.91 Å². The summed E-state index contributed by atoms with van der Waals surface area (Å²) in [5, 5.41) is 3.22. The molecule has 0 aromatic heterocycles. The first-order valence-electron chi connectivity index (χ1n) is 8.59. The van der Waals surface area contributed by atoms with Crippen molar-refractivity contribution in [1.82, 2.24) is 5.32 Å². The van der Waals surface area contributed by atoms with Crippen LogP contribution in [-0.4, -0.2) is 13.0 Å². The summed E-state index contributed by atoms with van der Waals surface area (Å²) in [7, 11) is 1.69. The van der Waals surface area contributed by atoms with Crippen LogP contribution in [0.1, 0.15) is 46.7 Å². The second kappa shape index (κ2) is 7.08. The van der Waals surface area contributed by atoms with E-state index >= 15 is 0 Å². The summed E-state index contributed by atoms with van der Waals surface area (Å²) in [4.78, 5) is 12.5. The number of benzene rings is 2. The number of fused-ring (bicyclic) bond motifs is 1. The van der Waals surface area contributed by atoms with Gasteiger partial charge in [0.1, 0.15) is 5.75 Å². The minimum atomic E-state index is 0.0932. The van der Waals surface area contributed by atoms with E-state index in [1.54, 1.807) is 7.11 Å². The van der Waals surface area contributed by atoms with Crippen LogP contribution in [0.25, 0.3) is 0 Å². The third-order valence-corrected chi connectivity index (χ3v) is 4.85. The van der Waals surface area contributed by atoms with Crippen molar-refractivity contribution in [3.8, 4) is 5.75 Å². The fraction of sp³-hybridized carbons (Fsp3) is 0.381. The van der Waals surface area contributed by atoms with Gasteiger partial charge in [0, 0.05) is 0 Å². The lowest BCUT2D eigenvalue weighted by Crippen LogP contribution is -2.32. The number of rotatable bonds is 4. The van der Waals surface area contributed by atoms with Gasteiger partial charge in [0.15, 0.2) is 0 Å². The van der Waals surface area contributed by atoms with E-state index in [2.05, 4.69) is 49.5 Å². The molecular weight excluding hydrogens is 298 g/mol. The molecule has 0 aliphatic heterocycles. The average molecular weight is 323 g/mol. The van der Waals surface area contributed by atoms with Crippen molar-refractivity contribution in [3.05, 3.63) is 64.2 Å². The van der Waals surface area contributed by atoms with Gasteiger partial charge in [0.25, 0.3) is 0 Å². The van der Waals surface area contributed by atoms with Crippen LogP contribution < -0.4 is 10.1 Å². The highest BCUT2D eigenvalue weighted by atomic mass is 16.5. The molecule has 0 fully saturated rings. The highest BCUT2D eigenvalue weighted by Crippen LogP contribution is 2.32. The topological polar surface area (TPSA) is 38.3 Å². The molecule has 1 amide bonds. The SMILES string of the molecule is COc1ccc2c(c1)CCC[C@H]2NC(=O)Cc1ccc(C)cc1C. The van der Waals surface area contributed by atoms with Gasteiger partial charge in [-0.2, -0.15) is 0 Å². The first kappa shape index (κ1) is 16.6. The van der Waals surface area contributed by atoms with Crippen molar-refractivity contribution in [1.29, 1.82) is 0 Å². The lowest BCUT2D eigenvalue weighted by molar-refractivity contribution is -0.121. The molecule has 1 aliphatic rings. The summed E-state index contributed by atoms with van der Waals surface area (Å²) in [5.74, 6) is 0.978. The Morgan fingerprint density at radius 2 is 2.04 bits per heavy atom. The summed E-state index contributed by atoms with van der Waals surface area (Å²) in [5.41, 5.74) is 6.03. The molecule has 2 aromatic carbocycles. The number of ether oxygens (including phenoxy) is 1. The second-order valence-corrected chi connectivity index (χ2v) is 6.68. The van der Waals surface area contributed by atoms with E-state index in [0.717, 1.165) is 30.6 Å². The third kappa shape index (κ3) is 3.61. The maximum absolute atomic E-state index is 12.5. The molecule has 3 nitrogen and oxygen atoms in total. The third-order valence-electron chi connectivity index (χ3n) is 4.85. The Hall–Kier alpha value is -2.29. The van der Waals surface area contributed by atoms with Crippen LogP contribution in [0.4, 0.5) is 0 Å². The predicted molar refractivity (Wildman–Crippen MR) is 96.4 cm³/mol. The molecule has 0 unspecified atom stereocenters. The van der Waals surface area contributed by atoms with Crippen LogP contribution in [0, 0.1) is 13.8 Å². The maximum atomic E-state index is 12.5. The fourth-order valence-corrected chi connectivity index (χ4v) is 3.53. The maximum Gasteiger partial charge on any atom is 0.224 e. The standard InChI is InChI=1S/C21H25NO2/c1-14-7-8-16(15(2)11-14)13-21(23)22-20-6-4-5-17-12-18(24-3)9-10-19(17)20/h7-12,20H,4-6,13H2,1-3H3,(H,22,23)/t20-/m1/s1. The molecule has 0 bridgehead atoms. The lowest BCUT2D eigenvalue weighted by atomic mass is 9.87. The van der Waals surface area contributed by atoms with Crippen molar-refractivity contribution in [3.63, 3.8) is 0 Å². The average Bonchev–Trinajstić information content (AvgIpc) is 2.57. The predicted octanol–water partition coefficient (Wildman–Crippen LogP) is 4.05. The van der Waals surface area contributed by atoms with Crippen LogP contribution in [0.3, 0.4) is 0 Å². The Kier molecular flexibility index (Phi) is 4.89. The van der Waals surface area contributed by atoms with Crippen molar-refractivity contribution in [2.45, 2.75) is 45.6 Å². The Morgan fingerprint density at radius 3 is 2.79 bits per heavy atom. The van der Waals surface area contributed by atoms with E-state index in [1.165, 1.54) is 22.3 Å². The number of hydrogen-bond acceptors (Lipinski definition) is 2. The highest BCUT2D eigenvalue weighted by molar-refractivity contribution is 5.79. The number of carbonyl (C=O) groups is 1. The minimum Gasteiger partial charge on any atom is -0.497 e. The zero-order valence-electron chi connectivity index (χ0n) is 14.7. The van der Waals surface area contributed by atoms with Crippen molar-refractivity contribution < 1.29 is 9.53 Å². The van der Waals surface area contributed by atoms with Gasteiger partial charge in [-0.05, 0) is 67.5 Å². The Morgan fingerprint density at radius 1 is 1.21 bits per heavy atom. The van der Waals surface area contributed by atoms with E-state index < -0.39 is 0 Å². The van der Waals surface area contributed by atoms with Gasteiger partial charge < -0.3 is 10.1 Å². The van der Waals surface area contributed by atoms with Gasteiger partial charge in [-0.25, -0.2) is 0 Å². The van der Waals surface area contributed by atoms with Gasteiger partial charge in [-0.1, -0.05) is 29.8 Å². The molecule has 3 heteroatoms. The zero-order valence-corrected chi connectivity index (χ0v) is 14.7. The molecular formula is C21H25NO2. The summed E-state index contributed by atoms with van der Waals surface area (Å²) in [6.45, 7) is 4.14. The molecule has 3 rings (SSSR count). The van der Waals surface area contributed by atoms with E-state index in [4.69, 9.17) is 4.74 Å². The smallest absolute Gasteiger partial charge is 0.224 e. The van der Waals surface area contributed by atoms with E-state index in [1.807, 2.05) is 6.07 Å². The van der Waals surface area contributed by atoms with Crippen LogP contribution in [0.2, 0.25) is 0 Å². The molecule has 0 saturated carbocycles. The van der Waals surface area contributed by atoms with E-state index in [0.29, 0.717) is 6.42 Å². The Bertz CT molecular complexity index is 751. The molecule has 0 radical (unpaired) electrons. The fourth-order valence-electron chi connectivity index (χ4n) is 3.53. The van der Waals surface area contributed by atoms with Crippen molar-refractivity contribution in [2.24, 2.45) is 0 Å². The molecule has 0 heterocycles. The van der Waals surface area contributed by atoms with Crippen LogP contribution in [0.15, 0.2) is 36.4 Å². The number of carbonyl (C=O) groups excluding carboxylic acids is 1. The second-order valence-electron chi connectivity index (χ2n) is 6.68. The first-order chi connectivity index (χ1) is 11.6. The van der Waals surface area contributed by atoms with Gasteiger partial charge >= 0.3 is 0 Å². The molecule has 126 valence electrons. The molecule has 0 spiro atoms. The van der Waals surface area contributed by atoms with Crippen LogP contribution >= 0.6 is 0 Å². The van der Waals surface area contributed by atoms with Crippen LogP contribution in [-0.2, 0) is 17.6 Å². The molecule has 1 N–H and O–H groups in total. The minimum absolute atomic E-state index is 0.0932. The monoisotopic (exact) mass is 323 g/mol. The highest BCUT2D eigenvalue weighted by Gasteiger charge is 2.22. The zero-order chi connectivity index (χ0) is 17.1. The Balaban J connectivity index is 1.71. The quantitative estimate of drug-likeness (QED) is 0.922. The summed E-state index contributed by atoms with van der Waals surface area (Å²) in [6.07, 6.45) is 3.58. The van der Waals surface area contributed by atoms with Gasteiger partial charge in [-0.15, -0.1) is 0 Å². The molecule has 1 atom stereocenters. The van der Waals surface area contributed by atoms with E-state index in [9.17, 15) is 4.79 Å². The van der Waals surface area contributed by atoms with Gasteiger partial charge in [0.05, 0.1) is 19.6 Å². The van der Waals surface area contributed by atoms with Crippen molar-refractivity contribution in [2.75, 3.05) is 7.11 Å². The largest absolute Gasteiger partial charge is 0.497 e. The number of methoxy groups -OCH3 is 1. The van der Waals surface area contributed by atoms with Gasteiger partial charge in [-0.3, -0.25) is 4.79 Å². The summed E-state index contributed by atoms with van der Waals surface area (Å²) in [6, 6.07) is 12.5. The van der Waals surface area contributed by atoms with Crippen LogP contribution in [0.5, 0.6) is 5.75 Å². The molecule has 1 aliphatic carbocycles. The normalized spacial score (nSPS) is 16.4.